The second kappa shape index (κ2) is 9.55. The number of carbonyl (C=O) groups excluding carboxylic acids is 1. The van der Waals surface area contributed by atoms with Crippen molar-refractivity contribution in [2.75, 3.05) is 6.54 Å². The average molecular weight is 375 g/mol. The van der Waals surface area contributed by atoms with Gasteiger partial charge in [0, 0.05) is 5.92 Å². The van der Waals surface area contributed by atoms with Crippen LogP contribution in [0.25, 0.3) is 11.1 Å². The van der Waals surface area contributed by atoms with E-state index in [0.717, 1.165) is 32.1 Å². The third kappa shape index (κ3) is 4.44. The molecule has 0 aliphatic heterocycles. The van der Waals surface area contributed by atoms with Crippen LogP contribution in [0.2, 0.25) is 0 Å². The van der Waals surface area contributed by atoms with Gasteiger partial charge in [0.15, 0.2) is 0 Å². The zero-order valence-corrected chi connectivity index (χ0v) is 16.9. The minimum atomic E-state index is -0.0531. The molecule has 3 nitrogen and oxygen atoms in total. The molecular formula is C25H30N2O. The normalized spacial score (nSPS) is 20.2. The minimum Gasteiger partial charge on any atom is -0.343 e. The highest BCUT2D eigenvalue weighted by Gasteiger charge is 2.33. The predicted octanol–water partition coefficient (Wildman–Crippen LogP) is 5.78. The molecule has 0 spiro atoms. The molecule has 3 heteroatoms. The number of carbonyl (C=O) groups is 1. The number of hydrogen-bond acceptors (Lipinski definition) is 2. The lowest BCUT2D eigenvalue weighted by atomic mass is 9.73. The Hall–Kier alpha value is -2.60. The highest BCUT2D eigenvalue weighted by atomic mass is 16.1. The molecule has 3 atom stereocenters. The molecule has 3 unspecified atom stereocenters. The molecule has 1 aliphatic rings. The first-order chi connectivity index (χ1) is 13.7. The maximum atomic E-state index is 12.7. The quantitative estimate of drug-likeness (QED) is 0.652. The van der Waals surface area contributed by atoms with E-state index in [4.69, 9.17) is 5.26 Å². The molecule has 0 heterocycles. The topological polar surface area (TPSA) is 52.9 Å². The largest absolute Gasteiger partial charge is 0.343 e. The van der Waals surface area contributed by atoms with E-state index in [1.54, 1.807) is 0 Å². The second-order valence-electron chi connectivity index (χ2n) is 7.89. The van der Waals surface area contributed by atoms with Gasteiger partial charge in [-0.25, -0.2) is 0 Å². The number of benzene rings is 2. The summed E-state index contributed by atoms with van der Waals surface area (Å²) in [6, 6.07) is 19.4. The van der Waals surface area contributed by atoms with Gasteiger partial charge in [0.05, 0.1) is 6.07 Å². The lowest BCUT2D eigenvalue weighted by Gasteiger charge is -2.32. The van der Waals surface area contributed by atoms with Gasteiger partial charge in [0.1, 0.15) is 6.54 Å². The maximum absolute atomic E-state index is 12.7. The van der Waals surface area contributed by atoms with Crippen molar-refractivity contribution in [2.45, 2.75) is 57.8 Å². The lowest BCUT2D eigenvalue weighted by molar-refractivity contribution is -0.126. The summed E-state index contributed by atoms with van der Waals surface area (Å²) in [5, 5.41) is 11.6. The zero-order valence-electron chi connectivity index (χ0n) is 16.9. The zero-order chi connectivity index (χ0) is 19.9. The highest BCUT2D eigenvalue weighted by Crippen LogP contribution is 2.42. The highest BCUT2D eigenvalue weighted by molar-refractivity contribution is 5.81. The van der Waals surface area contributed by atoms with Gasteiger partial charge in [-0.05, 0) is 53.4 Å². The predicted molar refractivity (Wildman–Crippen MR) is 114 cm³/mol. The number of nitriles is 1. The molecule has 0 aromatic heterocycles. The van der Waals surface area contributed by atoms with Crippen LogP contribution < -0.4 is 5.32 Å². The number of hydrogen-bond donors (Lipinski definition) is 1. The first kappa shape index (κ1) is 20.1. The fraction of sp³-hybridized carbons (Fsp3) is 0.440. The lowest BCUT2D eigenvalue weighted by Crippen LogP contribution is -2.36. The second-order valence-corrected chi connectivity index (χ2v) is 7.89. The van der Waals surface area contributed by atoms with Crippen molar-refractivity contribution in [3.63, 3.8) is 0 Å². The van der Waals surface area contributed by atoms with Crippen molar-refractivity contribution in [1.82, 2.24) is 5.32 Å². The smallest absolute Gasteiger partial charge is 0.224 e. The van der Waals surface area contributed by atoms with Crippen molar-refractivity contribution in [3.05, 3.63) is 59.7 Å². The molecule has 1 amide bonds. The summed E-state index contributed by atoms with van der Waals surface area (Å²) in [6.45, 7) is 4.56. The average Bonchev–Trinajstić information content (AvgIpc) is 2.77. The van der Waals surface area contributed by atoms with Gasteiger partial charge in [-0.3, -0.25) is 4.79 Å². The molecule has 1 fully saturated rings. The fourth-order valence-electron chi connectivity index (χ4n) is 4.38. The van der Waals surface area contributed by atoms with Gasteiger partial charge in [-0.1, -0.05) is 75.2 Å². The van der Waals surface area contributed by atoms with Crippen molar-refractivity contribution in [2.24, 2.45) is 5.92 Å². The van der Waals surface area contributed by atoms with Gasteiger partial charge < -0.3 is 5.32 Å². The summed E-state index contributed by atoms with van der Waals surface area (Å²) in [5.74, 6) is 0.740. The molecule has 3 rings (SSSR count). The Labute approximate surface area is 168 Å². The summed E-state index contributed by atoms with van der Waals surface area (Å²) in [7, 11) is 0. The first-order valence-electron chi connectivity index (χ1n) is 10.5. The summed E-state index contributed by atoms with van der Waals surface area (Å²) in [5.41, 5.74) is 5.07. The Balaban J connectivity index is 1.92. The van der Waals surface area contributed by atoms with Crippen LogP contribution in [0.15, 0.2) is 48.5 Å². The van der Waals surface area contributed by atoms with Crippen LogP contribution in [0.4, 0.5) is 0 Å². The van der Waals surface area contributed by atoms with Crippen LogP contribution in [-0.2, 0) is 4.79 Å². The molecule has 1 saturated carbocycles. The first-order valence-corrected chi connectivity index (χ1v) is 10.5. The number of nitrogens with zero attached hydrogens (tertiary/aromatic N) is 1. The van der Waals surface area contributed by atoms with Crippen molar-refractivity contribution in [3.8, 4) is 17.2 Å². The molecule has 1 aliphatic carbocycles. The number of rotatable bonds is 6. The SMILES string of the molecule is CCC(C)c1ccc(-c2ccccc2C2CCCCC2C(=O)NCC#N)cc1. The number of nitrogens with one attached hydrogen (secondary N) is 1. The van der Waals surface area contributed by atoms with Crippen LogP contribution in [0.5, 0.6) is 0 Å². The molecule has 0 radical (unpaired) electrons. The molecule has 1 N–H and O–H groups in total. The van der Waals surface area contributed by atoms with E-state index in [-0.39, 0.29) is 24.3 Å². The van der Waals surface area contributed by atoms with Crippen molar-refractivity contribution in [1.29, 1.82) is 5.26 Å². The van der Waals surface area contributed by atoms with E-state index >= 15 is 0 Å². The molecule has 146 valence electrons. The van der Waals surface area contributed by atoms with E-state index in [0.29, 0.717) is 5.92 Å². The summed E-state index contributed by atoms with van der Waals surface area (Å²) in [6.07, 6.45) is 5.27. The standard InChI is InChI=1S/C25H30N2O/c1-3-18(2)19-12-14-20(15-13-19)21-8-4-5-9-22(21)23-10-6-7-11-24(23)25(28)27-17-16-26/h4-5,8-9,12-15,18,23-24H,3,6-7,10-11,17H2,1-2H3,(H,27,28). The summed E-state index contributed by atoms with van der Waals surface area (Å²) >= 11 is 0. The Morgan fingerprint density at radius 3 is 2.57 bits per heavy atom. The molecule has 0 bridgehead atoms. The summed E-state index contributed by atoms with van der Waals surface area (Å²) in [4.78, 5) is 12.7. The Bertz CT molecular complexity index is 834. The Kier molecular flexibility index (Phi) is 6.87. The maximum Gasteiger partial charge on any atom is 0.224 e. The van der Waals surface area contributed by atoms with Gasteiger partial charge in [-0.15, -0.1) is 0 Å². The van der Waals surface area contributed by atoms with E-state index in [9.17, 15) is 4.79 Å². The van der Waals surface area contributed by atoms with Gasteiger partial charge in [-0.2, -0.15) is 5.26 Å². The third-order valence-electron chi connectivity index (χ3n) is 6.21. The number of amides is 1. The molecule has 2 aromatic carbocycles. The summed E-state index contributed by atoms with van der Waals surface area (Å²) < 4.78 is 0. The fourth-order valence-corrected chi connectivity index (χ4v) is 4.38. The minimum absolute atomic E-state index is 0.0215. The van der Waals surface area contributed by atoms with Crippen molar-refractivity contribution >= 4 is 5.91 Å². The van der Waals surface area contributed by atoms with Crippen LogP contribution in [0.3, 0.4) is 0 Å². The van der Waals surface area contributed by atoms with Crippen LogP contribution in [0, 0.1) is 17.2 Å². The van der Waals surface area contributed by atoms with E-state index in [1.165, 1.54) is 22.3 Å². The van der Waals surface area contributed by atoms with Gasteiger partial charge in [0.2, 0.25) is 5.91 Å². The van der Waals surface area contributed by atoms with Crippen LogP contribution >= 0.6 is 0 Å². The molecule has 2 aromatic rings. The monoisotopic (exact) mass is 374 g/mol. The Morgan fingerprint density at radius 1 is 1.14 bits per heavy atom. The van der Waals surface area contributed by atoms with Gasteiger partial charge in [0.25, 0.3) is 0 Å². The van der Waals surface area contributed by atoms with Gasteiger partial charge >= 0.3 is 0 Å². The molecular weight excluding hydrogens is 344 g/mol. The van der Waals surface area contributed by atoms with E-state index in [2.05, 4.69) is 67.7 Å². The Morgan fingerprint density at radius 2 is 1.86 bits per heavy atom. The molecule has 28 heavy (non-hydrogen) atoms. The van der Waals surface area contributed by atoms with E-state index in [1.807, 2.05) is 6.07 Å². The van der Waals surface area contributed by atoms with Crippen LogP contribution in [-0.4, -0.2) is 12.5 Å². The molecule has 0 saturated heterocycles. The third-order valence-corrected chi connectivity index (χ3v) is 6.21. The van der Waals surface area contributed by atoms with Crippen molar-refractivity contribution < 1.29 is 4.79 Å². The van der Waals surface area contributed by atoms with E-state index < -0.39 is 0 Å². The van der Waals surface area contributed by atoms with Crippen LogP contribution in [0.1, 0.15) is 68.9 Å².